The molecule has 3 rings (SSSR count). The molecule has 0 saturated heterocycles. The molecule has 0 aliphatic carbocycles. The summed E-state index contributed by atoms with van der Waals surface area (Å²) in [6, 6.07) is 0. The van der Waals surface area contributed by atoms with E-state index in [1.807, 2.05) is 6.20 Å². The maximum absolute atomic E-state index is 11.9. The highest BCUT2D eigenvalue weighted by atomic mass is 16.1. The van der Waals surface area contributed by atoms with E-state index < -0.39 is 0 Å². The third-order valence-corrected chi connectivity index (χ3v) is 3.76. The molecule has 0 radical (unpaired) electrons. The van der Waals surface area contributed by atoms with Gasteiger partial charge in [0.1, 0.15) is 0 Å². The molecule has 110 valence electrons. The average Bonchev–Trinajstić information content (AvgIpc) is 3.02. The van der Waals surface area contributed by atoms with Crippen molar-refractivity contribution in [1.82, 2.24) is 20.0 Å². The molecular weight excluding hydrogens is 266 g/mol. The van der Waals surface area contributed by atoms with Crippen LogP contribution in [0.4, 0.5) is 5.82 Å². The quantitative estimate of drug-likeness (QED) is 0.890. The van der Waals surface area contributed by atoms with Crippen LogP contribution in [-0.2, 0) is 10.2 Å². The summed E-state index contributed by atoms with van der Waals surface area (Å²) in [4.78, 5) is 11.9. The van der Waals surface area contributed by atoms with Crippen LogP contribution in [0.3, 0.4) is 0 Å². The molecule has 0 saturated carbocycles. The number of H-pyrrole nitrogens is 1. The summed E-state index contributed by atoms with van der Waals surface area (Å²) in [6.45, 7) is 10.1. The minimum absolute atomic E-state index is 0.0224. The first kappa shape index (κ1) is 13.6. The lowest BCUT2D eigenvalue weighted by Crippen LogP contribution is -2.25. The van der Waals surface area contributed by atoms with Crippen molar-refractivity contribution in [2.24, 2.45) is 0 Å². The highest BCUT2D eigenvalue weighted by molar-refractivity contribution is 5.94. The number of carbonyl (C=O) groups is 1. The smallest absolute Gasteiger partial charge is 0.226 e. The molecule has 6 heteroatoms. The zero-order valence-electron chi connectivity index (χ0n) is 12.5. The second-order valence-corrected chi connectivity index (χ2v) is 6.35. The molecule has 0 fully saturated rings. The SMILES string of the molecule is C=Cn1cc(C2CC(=O)Nc3n[nH]c(C(C)(C)C)c32)cn1. The summed E-state index contributed by atoms with van der Waals surface area (Å²) in [5.74, 6) is 0.578. The van der Waals surface area contributed by atoms with Crippen LogP contribution in [-0.4, -0.2) is 25.9 Å². The first-order chi connectivity index (χ1) is 9.90. The fraction of sp³-hybridized carbons (Fsp3) is 0.400. The van der Waals surface area contributed by atoms with Crippen LogP contribution < -0.4 is 5.32 Å². The van der Waals surface area contributed by atoms with E-state index in [1.165, 1.54) is 0 Å². The van der Waals surface area contributed by atoms with Gasteiger partial charge < -0.3 is 5.32 Å². The van der Waals surface area contributed by atoms with Gasteiger partial charge in [-0.1, -0.05) is 27.4 Å². The van der Waals surface area contributed by atoms with Crippen molar-refractivity contribution in [3.05, 3.63) is 35.8 Å². The lowest BCUT2D eigenvalue weighted by Gasteiger charge is -2.26. The number of aromatic nitrogens is 4. The maximum atomic E-state index is 11.9. The maximum Gasteiger partial charge on any atom is 0.226 e. The van der Waals surface area contributed by atoms with Gasteiger partial charge in [0.2, 0.25) is 5.91 Å². The van der Waals surface area contributed by atoms with Crippen molar-refractivity contribution in [2.75, 3.05) is 5.32 Å². The zero-order valence-corrected chi connectivity index (χ0v) is 12.5. The van der Waals surface area contributed by atoms with E-state index in [2.05, 4.69) is 48.0 Å². The van der Waals surface area contributed by atoms with Crippen LogP contribution in [0.15, 0.2) is 19.0 Å². The largest absolute Gasteiger partial charge is 0.309 e. The second-order valence-electron chi connectivity index (χ2n) is 6.35. The number of carbonyl (C=O) groups excluding carboxylic acids is 1. The summed E-state index contributed by atoms with van der Waals surface area (Å²) in [5, 5.41) is 14.4. The van der Waals surface area contributed by atoms with E-state index in [0.717, 1.165) is 16.8 Å². The van der Waals surface area contributed by atoms with E-state index in [-0.39, 0.29) is 17.2 Å². The highest BCUT2D eigenvalue weighted by Crippen LogP contribution is 2.41. The van der Waals surface area contributed by atoms with Crippen LogP contribution in [0.25, 0.3) is 6.20 Å². The van der Waals surface area contributed by atoms with Crippen molar-refractivity contribution in [3.63, 3.8) is 0 Å². The summed E-state index contributed by atoms with van der Waals surface area (Å²) >= 11 is 0. The molecule has 1 amide bonds. The van der Waals surface area contributed by atoms with E-state index in [1.54, 1.807) is 17.1 Å². The van der Waals surface area contributed by atoms with Gasteiger partial charge in [0, 0.05) is 41.4 Å². The van der Waals surface area contributed by atoms with Crippen molar-refractivity contribution in [1.29, 1.82) is 0 Å². The topological polar surface area (TPSA) is 75.6 Å². The minimum atomic E-state index is -0.0741. The lowest BCUT2D eigenvalue weighted by atomic mass is 9.80. The van der Waals surface area contributed by atoms with E-state index >= 15 is 0 Å². The summed E-state index contributed by atoms with van der Waals surface area (Å²) in [6.07, 6.45) is 5.72. The Morgan fingerprint density at radius 2 is 2.24 bits per heavy atom. The molecule has 0 bridgehead atoms. The van der Waals surface area contributed by atoms with Gasteiger partial charge in [-0.25, -0.2) is 4.68 Å². The summed E-state index contributed by atoms with van der Waals surface area (Å²) in [7, 11) is 0. The molecule has 0 aromatic carbocycles. The number of fused-ring (bicyclic) bond motifs is 1. The van der Waals surface area contributed by atoms with Gasteiger partial charge in [0.15, 0.2) is 5.82 Å². The van der Waals surface area contributed by atoms with Crippen molar-refractivity contribution < 1.29 is 4.79 Å². The fourth-order valence-corrected chi connectivity index (χ4v) is 2.74. The molecule has 0 spiro atoms. The molecule has 2 aromatic rings. The zero-order chi connectivity index (χ0) is 15.2. The standard InChI is InChI=1S/C15H19N5O/c1-5-20-8-9(7-16-20)10-6-11(21)17-14-12(10)13(18-19-14)15(2,3)4/h5,7-8,10H,1,6H2,2-4H3,(H2,17,18,19,21). The minimum Gasteiger partial charge on any atom is -0.309 e. The Morgan fingerprint density at radius 1 is 1.48 bits per heavy atom. The van der Waals surface area contributed by atoms with Gasteiger partial charge in [-0.05, 0) is 5.56 Å². The van der Waals surface area contributed by atoms with Gasteiger partial charge in [-0.2, -0.15) is 10.2 Å². The highest BCUT2D eigenvalue weighted by Gasteiger charge is 2.35. The Hall–Kier alpha value is -2.37. The number of anilines is 1. The van der Waals surface area contributed by atoms with Crippen LogP contribution in [0.2, 0.25) is 0 Å². The van der Waals surface area contributed by atoms with Crippen molar-refractivity contribution in [3.8, 4) is 0 Å². The first-order valence-corrected chi connectivity index (χ1v) is 6.95. The van der Waals surface area contributed by atoms with E-state index in [9.17, 15) is 4.79 Å². The van der Waals surface area contributed by atoms with Crippen molar-refractivity contribution >= 4 is 17.9 Å². The number of nitrogens with one attached hydrogen (secondary N) is 2. The number of rotatable bonds is 2. The number of aromatic amines is 1. The van der Waals surface area contributed by atoms with E-state index in [4.69, 9.17) is 0 Å². The van der Waals surface area contributed by atoms with Crippen LogP contribution in [0, 0.1) is 0 Å². The predicted octanol–water partition coefficient (Wildman–Crippen LogP) is 2.48. The van der Waals surface area contributed by atoms with Gasteiger partial charge in [-0.3, -0.25) is 9.89 Å². The van der Waals surface area contributed by atoms with E-state index in [0.29, 0.717) is 12.2 Å². The van der Waals surface area contributed by atoms with Gasteiger partial charge >= 0.3 is 0 Å². The molecule has 1 aliphatic heterocycles. The third kappa shape index (κ3) is 2.26. The molecule has 1 atom stereocenters. The molecule has 3 heterocycles. The Labute approximate surface area is 123 Å². The molecular formula is C15H19N5O. The Bertz CT molecular complexity index is 704. The fourth-order valence-electron chi connectivity index (χ4n) is 2.74. The predicted molar refractivity (Wildman–Crippen MR) is 81.0 cm³/mol. The molecule has 2 aromatic heterocycles. The summed E-state index contributed by atoms with van der Waals surface area (Å²) < 4.78 is 1.65. The molecule has 21 heavy (non-hydrogen) atoms. The number of hydrogen-bond donors (Lipinski definition) is 2. The summed E-state index contributed by atoms with van der Waals surface area (Å²) in [5.41, 5.74) is 3.03. The van der Waals surface area contributed by atoms with Gasteiger partial charge in [-0.15, -0.1) is 0 Å². The van der Waals surface area contributed by atoms with Crippen molar-refractivity contribution in [2.45, 2.75) is 38.5 Å². The normalized spacial score (nSPS) is 18.2. The Balaban J connectivity index is 2.13. The Kier molecular flexibility index (Phi) is 2.97. The first-order valence-electron chi connectivity index (χ1n) is 6.95. The molecule has 6 nitrogen and oxygen atoms in total. The average molecular weight is 285 g/mol. The lowest BCUT2D eigenvalue weighted by molar-refractivity contribution is -0.116. The van der Waals surface area contributed by atoms with Gasteiger partial charge in [0.25, 0.3) is 0 Å². The molecule has 1 unspecified atom stereocenters. The molecule has 2 N–H and O–H groups in total. The van der Waals surface area contributed by atoms with Crippen LogP contribution in [0.5, 0.6) is 0 Å². The number of amides is 1. The molecule has 1 aliphatic rings. The van der Waals surface area contributed by atoms with Crippen LogP contribution >= 0.6 is 0 Å². The second kappa shape index (κ2) is 4.58. The number of hydrogen-bond acceptors (Lipinski definition) is 3. The monoisotopic (exact) mass is 285 g/mol. The number of nitrogens with zero attached hydrogens (tertiary/aromatic N) is 3. The van der Waals surface area contributed by atoms with Crippen LogP contribution in [0.1, 0.15) is 49.9 Å². The third-order valence-electron chi connectivity index (χ3n) is 3.76. The van der Waals surface area contributed by atoms with Gasteiger partial charge in [0.05, 0.1) is 6.20 Å². The Morgan fingerprint density at radius 3 is 2.86 bits per heavy atom.